The summed E-state index contributed by atoms with van der Waals surface area (Å²) in [5, 5.41) is 13.4. The van der Waals surface area contributed by atoms with Crippen LogP contribution in [0.3, 0.4) is 0 Å². The van der Waals surface area contributed by atoms with Gasteiger partial charge in [-0.3, -0.25) is 14.3 Å². The number of nitrogens with zero attached hydrogens (tertiary/aromatic N) is 3. The van der Waals surface area contributed by atoms with E-state index >= 15 is 0 Å². The van der Waals surface area contributed by atoms with Crippen molar-refractivity contribution in [3.05, 3.63) is 23.5 Å². The first-order valence-corrected chi connectivity index (χ1v) is 7.73. The third-order valence-electron chi connectivity index (χ3n) is 3.91. The number of hydrogen-bond donors (Lipinski definition) is 1. The minimum absolute atomic E-state index is 0.0570. The van der Waals surface area contributed by atoms with Crippen molar-refractivity contribution in [2.24, 2.45) is 13.0 Å². The molecule has 2 heterocycles. The number of piperidine rings is 1. The van der Waals surface area contributed by atoms with Crippen LogP contribution in [0.25, 0.3) is 6.08 Å². The van der Waals surface area contributed by atoms with Crippen molar-refractivity contribution in [1.82, 2.24) is 14.7 Å². The second-order valence-corrected chi connectivity index (χ2v) is 5.76. The van der Waals surface area contributed by atoms with Crippen LogP contribution >= 0.6 is 0 Å². The van der Waals surface area contributed by atoms with Gasteiger partial charge in [-0.15, -0.1) is 0 Å². The normalized spacial score (nSPS) is 19.3. The Morgan fingerprint density at radius 3 is 2.86 bits per heavy atom. The van der Waals surface area contributed by atoms with Crippen molar-refractivity contribution in [1.29, 1.82) is 0 Å². The van der Waals surface area contributed by atoms with Gasteiger partial charge in [-0.05, 0) is 31.4 Å². The van der Waals surface area contributed by atoms with Crippen LogP contribution in [-0.2, 0) is 16.6 Å². The van der Waals surface area contributed by atoms with E-state index in [0.717, 1.165) is 18.5 Å². The summed E-state index contributed by atoms with van der Waals surface area (Å²) in [5.74, 6) is -1.32. The number of rotatable bonds is 5. The van der Waals surface area contributed by atoms with Crippen molar-refractivity contribution in [3.63, 3.8) is 0 Å². The molecule has 2 rings (SSSR count). The highest BCUT2D eigenvalue weighted by Gasteiger charge is 2.29. The average Bonchev–Trinajstić information content (AvgIpc) is 2.91. The zero-order valence-electron chi connectivity index (χ0n) is 13.2. The van der Waals surface area contributed by atoms with Crippen LogP contribution in [0, 0.1) is 5.92 Å². The van der Waals surface area contributed by atoms with E-state index < -0.39 is 11.9 Å². The maximum absolute atomic E-state index is 12.7. The second kappa shape index (κ2) is 7.24. The zero-order valence-corrected chi connectivity index (χ0v) is 13.2. The predicted molar refractivity (Wildman–Crippen MR) is 83.0 cm³/mol. The maximum Gasteiger partial charge on any atom is 0.308 e. The van der Waals surface area contributed by atoms with Gasteiger partial charge in [0.25, 0.3) is 0 Å². The molecule has 1 aliphatic heterocycles. The van der Waals surface area contributed by atoms with E-state index in [1.165, 1.54) is 0 Å². The fourth-order valence-corrected chi connectivity index (χ4v) is 2.76. The van der Waals surface area contributed by atoms with Gasteiger partial charge >= 0.3 is 5.97 Å². The minimum Gasteiger partial charge on any atom is -0.481 e. The number of aliphatic carboxylic acids is 1. The van der Waals surface area contributed by atoms with E-state index in [1.54, 1.807) is 9.58 Å². The molecule has 1 fully saturated rings. The largest absolute Gasteiger partial charge is 0.481 e. The first-order chi connectivity index (χ1) is 10.5. The summed E-state index contributed by atoms with van der Waals surface area (Å²) in [6.07, 6.45) is 6.57. The Morgan fingerprint density at radius 2 is 2.27 bits per heavy atom. The Balaban J connectivity index is 2.15. The van der Waals surface area contributed by atoms with Gasteiger partial charge in [-0.25, -0.2) is 0 Å². The lowest BCUT2D eigenvalue weighted by atomic mass is 9.97. The zero-order chi connectivity index (χ0) is 16.1. The molecule has 1 aromatic heterocycles. The van der Waals surface area contributed by atoms with Gasteiger partial charge in [0.2, 0.25) is 5.91 Å². The standard InChI is InChI=1S/C16H23N3O3/c1-3-5-12(10-14-7-9-18(2)17-14)15(20)19-8-4-6-13(11-19)16(21)22/h7,9-10,13H,3-6,8,11H2,1-2H3,(H,21,22)/b12-10+. The molecule has 0 spiro atoms. The number of amides is 1. The van der Waals surface area contributed by atoms with Crippen molar-refractivity contribution >= 4 is 18.0 Å². The van der Waals surface area contributed by atoms with Crippen LogP contribution < -0.4 is 0 Å². The van der Waals surface area contributed by atoms with Crippen molar-refractivity contribution in [3.8, 4) is 0 Å². The molecule has 0 saturated carbocycles. The summed E-state index contributed by atoms with van der Waals surface area (Å²) in [5.41, 5.74) is 1.46. The molecule has 1 aliphatic rings. The first kappa shape index (κ1) is 16.3. The van der Waals surface area contributed by atoms with Gasteiger partial charge < -0.3 is 10.0 Å². The van der Waals surface area contributed by atoms with Crippen LogP contribution in [0.2, 0.25) is 0 Å². The maximum atomic E-state index is 12.7. The Kier molecular flexibility index (Phi) is 5.35. The summed E-state index contributed by atoms with van der Waals surface area (Å²) in [4.78, 5) is 25.5. The van der Waals surface area contributed by atoms with Gasteiger partial charge in [0.05, 0.1) is 11.6 Å². The number of carboxylic acid groups (broad SMARTS) is 1. The summed E-state index contributed by atoms with van der Waals surface area (Å²) in [6.45, 7) is 2.96. The molecule has 6 heteroatoms. The molecular formula is C16H23N3O3. The summed E-state index contributed by atoms with van der Waals surface area (Å²) < 4.78 is 1.70. The molecule has 1 atom stereocenters. The number of likely N-dealkylation sites (tertiary alicyclic amines) is 1. The van der Waals surface area contributed by atoms with E-state index in [4.69, 9.17) is 5.11 Å². The van der Waals surface area contributed by atoms with E-state index in [-0.39, 0.29) is 5.91 Å². The lowest BCUT2D eigenvalue weighted by Gasteiger charge is -2.31. The van der Waals surface area contributed by atoms with Crippen LogP contribution in [0.4, 0.5) is 0 Å². The van der Waals surface area contributed by atoms with Gasteiger partial charge in [0, 0.05) is 31.9 Å². The topological polar surface area (TPSA) is 75.4 Å². The Bertz CT molecular complexity index is 577. The van der Waals surface area contributed by atoms with Crippen LogP contribution in [-0.4, -0.2) is 44.8 Å². The number of aromatic nitrogens is 2. The smallest absolute Gasteiger partial charge is 0.308 e. The van der Waals surface area contributed by atoms with Crippen LogP contribution in [0.15, 0.2) is 17.8 Å². The molecule has 0 radical (unpaired) electrons. The van der Waals surface area contributed by atoms with Crippen LogP contribution in [0.1, 0.15) is 38.3 Å². The van der Waals surface area contributed by atoms with Crippen LogP contribution in [0.5, 0.6) is 0 Å². The minimum atomic E-state index is -0.816. The molecule has 1 amide bonds. The van der Waals surface area contributed by atoms with E-state index in [2.05, 4.69) is 5.10 Å². The Hall–Kier alpha value is -2.11. The fourth-order valence-electron chi connectivity index (χ4n) is 2.76. The molecule has 22 heavy (non-hydrogen) atoms. The van der Waals surface area contributed by atoms with Crippen molar-refractivity contribution in [2.75, 3.05) is 13.1 Å². The number of carbonyl (C=O) groups is 2. The monoisotopic (exact) mass is 305 g/mol. The first-order valence-electron chi connectivity index (χ1n) is 7.73. The molecule has 1 aromatic rings. The van der Waals surface area contributed by atoms with E-state index in [0.29, 0.717) is 31.5 Å². The molecular weight excluding hydrogens is 282 g/mol. The second-order valence-electron chi connectivity index (χ2n) is 5.76. The lowest BCUT2D eigenvalue weighted by Crippen LogP contribution is -2.42. The van der Waals surface area contributed by atoms with Crippen molar-refractivity contribution < 1.29 is 14.7 Å². The Labute approximate surface area is 130 Å². The number of aryl methyl sites for hydroxylation is 1. The molecule has 1 unspecified atom stereocenters. The highest BCUT2D eigenvalue weighted by Crippen LogP contribution is 2.21. The third kappa shape index (κ3) is 3.96. The molecule has 1 N–H and O–H groups in total. The molecule has 0 aliphatic carbocycles. The highest BCUT2D eigenvalue weighted by atomic mass is 16.4. The number of carboxylic acids is 1. The molecule has 1 saturated heterocycles. The molecule has 0 aromatic carbocycles. The molecule has 120 valence electrons. The quantitative estimate of drug-likeness (QED) is 0.843. The molecule has 0 bridgehead atoms. The third-order valence-corrected chi connectivity index (χ3v) is 3.91. The number of carbonyl (C=O) groups excluding carboxylic acids is 1. The van der Waals surface area contributed by atoms with Crippen molar-refractivity contribution in [2.45, 2.75) is 32.6 Å². The summed E-state index contributed by atoms with van der Waals surface area (Å²) >= 11 is 0. The summed E-state index contributed by atoms with van der Waals surface area (Å²) in [6, 6.07) is 1.86. The molecule has 6 nitrogen and oxygen atoms in total. The number of hydrogen-bond acceptors (Lipinski definition) is 3. The summed E-state index contributed by atoms with van der Waals surface area (Å²) in [7, 11) is 1.83. The highest BCUT2D eigenvalue weighted by molar-refractivity contribution is 5.97. The average molecular weight is 305 g/mol. The fraction of sp³-hybridized carbons (Fsp3) is 0.562. The van der Waals surface area contributed by atoms with E-state index in [9.17, 15) is 9.59 Å². The van der Waals surface area contributed by atoms with E-state index in [1.807, 2.05) is 32.3 Å². The van der Waals surface area contributed by atoms with Gasteiger partial charge in [-0.2, -0.15) is 5.10 Å². The van der Waals surface area contributed by atoms with Gasteiger partial charge in [0.15, 0.2) is 0 Å². The van der Waals surface area contributed by atoms with Gasteiger partial charge in [0.1, 0.15) is 0 Å². The van der Waals surface area contributed by atoms with Gasteiger partial charge in [-0.1, -0.05) is 13.3 Å². The Morgan fingerprint density at radius 1 is 1.50 bits per heavy atom. The predicted octanol–water partition coefficient (Wildman–Crippen LogP) is 1.93. The lowest BCUT2D eigenvalue weighted by molar-refractivity contribution is -0.145. The SMILES string of the molecule is CCC/C(=C\c1ccn(C)n1)C(=O)N1CCCC(C(=O)O)C1.